The van der Waals surface area contributed by atoms with Gasteiger partial charge < -0.3 is 9.32 Å². The molecule has 136 valence electrons. The molecule has 0 N–H and O–H groups in total. The first-order valence-corrected chi connectivity index (χ1v) is 9.29. The molecule has 2 aromatic rings. The van der Waals surface area contributed by atoms with Crippen molar-refractivity contribution >= 4 is 6.03 Å². The van der Waals surface area contributed by atoms with Crippen LogP contribution in [-0.4, -0.2) is 38.8 Å². The number of fused-ring (bicyclic) bond motifs is 3. The maximum absolute atomic E-state index is 13.0. The van der Waals surface area contributed by atoms with Crippen LogP contribution in [0, 0.1) is 5.41 Å². The summed E-state index contributed by atoms with van der Waals surface area (Å²) >= 11 is 0. The number of aromatic nitrogens is 2. The van der Waals surface area contributed by atoms with Gasteiger partial charge in [-0.05, 0) is 30.2 Å². The minimum atomic E-state index is -0.139. The molecule has 26 heavy (non-hydrogen) atoms. The Kier molecular flexibility index (Phi) is 3.53. The topological polar surface area (TPSA) is 71.7 Å². The van der Waals surface area contributed by atoms with Crippen molar-refractivity contribution in [2.45, 2.75) is 51.3 Å². The molecular formula is C19H22N4O3. The average molecular weight is 354 g/mol. The molecule has 7 heteroatoms. The average Bonchev–Trinajstić information content (AvgIpc) is 3.16. The maximum atomic E-state index is 13.0. The number of nitrogens with zero attached hydrogens (tertiary/aromatic N) is 4. The highest BCUT2D eigenvalue weighted by atomic mass is 16.7. The largest absolute Gasteiger partial charge is 0.423 e. The second kappa shape index (κ2) is 5.81. The molecule has 3 heterocycles. The summed E-state index contributed by atoms with van der Waals surface area (Å²) in [6.07, 6.45) is 3.82. The van der Waals surface area contributed by atoms with Crippen LogP contribution in [0.3, 0.4) is 0 Å². The number of piperidine rings is 1. The van der Waals surface area contributed by atoms with E-state index < -0.39 is 0 Å². The smallest absolute Gasteiger partial charge is 0.345 e. The number of aryl methyl sites for hydroxylation is 1. The van der Waals surface area contributed by atoms with E-state index in [1.165, 1.54) is 0 Å². The minimum Gasteiger partial charge on any atom is -0.423 e. The van der Waals surface area contributed by atoms with Gasteiger partial charge in [-0.1, -0.05) is 37.3 Å². The van der Waals surface area contributed by atoms with Gasteiger partial charge in [0.05, 0.1) is 6.04 Å². The van der Waals surface area contributed by atoms with Crippen molar-refractivity contribution in [3.8, 4) is 0 Å². The van der Waals surface area contributed by atoms with Gasteiger partial charge in [-0.3, -0.25) is 4.84 Å². The molecule has 3 aliphatic rings. The molecule has 1 aromatic carbocycles. The quantitative estimate of drug-likeness (QED) is 0.825. The van der Waals surface area contributed by atoms with Crippen LogP contribution in [-0.2, 0) is 17.9 Å². The van der Waals surface area contributed by atoms with E-state index in [1.807, 2.05) is 42.2 Å². The van der Waals surface area contributed by atoms with E-state index in [2.05, 4.69) is 10.2 Å². The van der Waals surface area contributed by atoms with Crippen LogP contribution in [0.1, 0.15) is 49.6 Å². The van der Waals surface area contributed by atoms with Gasteiger partial charge in [0.1, 0.15) is 12.6 Å². The lowest BCUT2D eigenvalue weighted by molar-refractivity contribution is -0.153. The van der Waals surface area contributed by atoms with E-state index >= 15 is 0 Å². The highest BCUT2D eigenvalue weighted by Gasteiger charge is 2.64. The second-order valence-corrected chi connectivity index (χ2v) is 7.51. The molecule has 1 aromatic heterocycles. The SMILES string of the molecule is CCc1nnc([C@@H]2CC3(CC3)[C@H]3CN2C(=O)N3OCc2ccccc2)o1. The van der Waals surface area contributed by atoms with Crippen molar-refractivity contribution in [1.82, 2.24) is 20.2 Å². The van der Waals surface area contributed by atoms with E-state index in [4.69, 9.17) is 9.25 Å². The molecule has 1 aliphatic carbocycles. The fourth-order valence-electron chi connectivity index (χ4n) is 4.26. The van der Waals surface area contributed by atoms with Crippen LogP contribution in [0.15, 0.2) is 34.7 Å². The summed E-state index contributed by atoms with van der Waals surface area (Å²) in [7, 11) is 0. The minimum absolute atomic E-state index is 0.0871. The highest BCUT2D eigenvalue weighted by Crippen LogP contribution is 2.61. The number of hydrogen-bond donors (Lipinski definition) is 0. The van der Waals surface area contributed by atoms with Crippen LogP contribution in [0.2, 0.25) is 0 Å². The van der Waals surface area contributed by atoms with Gasteiger partial charge in [0, 0.05) is 13.0 Å². The molecule has 1 spiro atoms. The Morgan fingerprint density at radius 2 is 2.08 bits per heavy atom. The van der Waals surface area contributed by atoms with E-state index in [0.717, 1.165) is 24.8 Å². The van der Waals surface area contributed by atoms with Crippen molar-refractivity contribution < 1.29 is 14.0 Å². The lowest BCUT2D eigenvalue weighted by Gasteiger charge is -2.35. The Labute approximate surface area is 151 Å². The number of carbonyl (C=O) groups is 1. The molecule has 3 fully saturated rings. The highest BCUT2D eigenvalue weighted by molar-refractivity contribution is 5.77. The van der Waals surface area contributed by atoms with E-state index in [1.54, 1.807) is 5.06 Å². The lowest BCUT2D eigenvalue weighted by Crippen LogP contribution is -2.42. The van der Waals surface area contributed by atoms with Crippen molar-refractivity contribution in [2.24, 2.45) is 5.41 Å². The third-order valence-electron chi connectivity index (χ3n) is 5.95. The third-order valence-corrected chi connectivity index (χ3v) is 5.95. The van der Waals surface area contributed by atoms with Crippen LogP contribution in [0.25, 0.3) is 0 Å². The summed E-state index contributed by atoms with van der Waals surface area (Å²) in [6, 6.07) is 9.83. The van der Waals surface area contributed by atoms with Crippen LogP contribution >= 0.6 is 0 Å². The molecule has 2 atom stereocenters. The number of urea groups is 1. The number of rotatable bonds is 5. The third kappa shape index (κ3) is 2.41. The Morgan fingerprint density at radius 1 is 1.27 bits per heavy atom. The van der Waals surface area contributed by atoms with Crippen molar-refractivity contribution in [3.63, 3.8) is 0 Å². The molecule has 2 amide bonds. The van der Waals surface area contributed by atoms with Gasteiger partial charge in [0.2, 0.25) is 11.8 Å². The summed E-state index contributed by atoms with van der Waals surface area (Å²) in [5, 5.41) is 9.89. The Morgan fingerprint density at radius 3 is 2.77 bits per heavy atom. The zero-order chi connectivity index (χ0) is 17.7. The molecule has 0 unspecified atom stereocenters. The standard InChI is InChI=1S/C19H22N4O3/c1-2-16-20-21-17(26-16)14-10-19(8-9-19)15-11-22(14)18(24)23(15)25-12-13-6-4-3-5-7-13/h3-7,14-15H,2,8-12H2,1H3/t14-,15+/m0/s1. The van der Waals surface area contributed by atoms with Crippen molar-refractivity contribution in [1.29, 1.82) is 0 Å². The van der Waals surface area contributed by atoms with Crippen LogP contribution < -0.4 is 0 Å². The normalized spacial score (nSPS) is 26.0. The molecule has 0 radical (unpaired) electrons. The van der Waals surface area contributed by atoms with E-state index in [9.17, 15) is 4.79 Å². The Hall–Kier alpha value is -2.41. The van der Waals surface area contributed by atoms with E-state index in [0.29, 0.717) is 31.4 Å². The van der Waals surface area contributed by atoms with Gasteiger partial charge in [-0.15, -0.1) is 10.2 Å². The number of hydroxylamine groups is 2. The van der Waals surface area contributed by atoms with Gasteiger partial charge >= 0.3 is 6.03 Å². The maximum Gasteiger partial charge on any atom is 0.345 e. The first-order chi connectivity index (χ1) is 12.7. The van der Waals surface area contributed by atoms with Gasteiger partial charge in [-0.25, -0.2) is 4.79 Å². The molecule has 2 saturated heterocycles. The summed E-state index contributed by atoms with van der Waals surface area (Å²) in [4.78, 5) is 20.8. The van der Waals surface area contributed by atoms with Crippen LogP contribution in [0.5, 0.6) is 0 Å². The number of carbonyl (C=O) groups excluding carboxylic acids is 1. The summed E-state index contributed by atoms with van der Waals surface area (Å²) < 4.78 is 5.78. The predicted octanol–water partition coefficient (Wildman–Crippen LogP) is 3.10. The monoisotopic (exact) mass is 354 g/mol. The zero-order valence-electron chi connectivity index (χ0n) is 14.8. The Balaban J connectivity index is 1.38. The van der Waals surface area contributed by atoms with Gasteiger partial charge in [-0.2, -0.15) is 5.06 Å². The zero-order valence-corrected chi connectivity index (χ0v) is 14.8. The first kappa shape index (κ1) is 15.8. The second-order valence-electron chi connectivity index (χ2n) is 7.51. The fraction of sp³-hybridized carbons (Fsp3) is 0.526. The lowest BCUT2D eigenvalue weighted by atomic mass is 9.85. The van der Waals surface area contributed by atoms with Gasteiger partial charge in [0.15, 0.2) is 0 Å². The molecule has 2 aliphatic heterocycles. The number of hydrogen-bond acceptors (Lipinski definition) is 5. The number of benzene rings is 1. The summed E-state index contributed by atoms with van der Waals surface area (Å²) in [5.41, 5.74) is 1.19. The van der Waals surface area contributed by atoms with Crippen LogP contribution in [0.4, 0.5) is 4.79 Å². The Bertz CT molecular complexity index is 817. The summed E-state index contributed by atoms with van der Waals surface area (Å²) in [6.45, 7) is 3.05. The molecule has 7 nitrogen and oxygen atoms in total. The predicted molar refractivity (Wildman–Crippen MR) is 91.7 cm³/mol. The first-order valence-electron chi connectivity index (χ1n) is 9.29. The van der Waals surface area contributed by atoms with Crippen molar-refractivity contribution in [2.75, 3.05) is 6.54 Å². The van der Waals surface area contributed by atoms with E-state index in [-0.39, 0.29) is 23.5 Å². The number of amides is 2. The molecule has 2 bridgehead atoms. The molecule has 1 saturated carbocycles. The van der Waals surface area contributed by atoms with Gasteiger partial charge in [0.25, 0.3) is 0 Å². The summed E-state index contributed by atoms with van der Waals surface area (Å²) in [5.74, 6) is 1.18. The van der Waals surface area contributed by atoms with Crippen molar-refractivity contribution in [3.05, 3.63) is 47.7 Å². The molecule has 5 rings (SSSR count). The molecular weight excluding hydrogens is 332 g/mol. The fourth-order valence-corrected chi connectivity index (χ4v) is 4.26.